The minimum Gasteiger partial charge on any atom is -0.477 e. The van der Waals surface area contributed by atoms with E-state index in [1.54, 1.807) is 13.8 Å². The zero-order chi connectivity index (χ0) is 15.2. The molecule has 1 aliphatic heterocycles. The van der Waals surface area contributed by atoms with Gasteiger partial charge in [-0.3, -0.25) is 9.59 Å². The number of amides is 2. The van der Waals surface area contributed by atoms with Gasteiger partial charge in [0.1, 0.15) is 5.69 Å². The van der Waals surface area contributed by atoms with Crippen molar-refractivity contribution in [3.05, 3.63) is 17.5 Å². The molecule has 1 atom stereocenters. The van der Waals surface area contributed by atoms with Crippen molar-refractivity contribution in [3.63, 3.8) is 0 Å². The van der Waals surface area contributed by atoms with E-state index < -0.39 is 11.4 Å². The smallest absolute Gasteiger partial charge is 0.354 e. The third-order valence-corrected chi connectivity index (χ3v) is 4.12. The highest BCUT2D eigenvalue weighted by Gasteiger charge is 2.51. The van der Waals surface area contributed by atoms with Crippen LogP contribution in [-0.2, 0) is 9.59 Å². The van der Waals surface area contributed by atoms with Gasteiger partial charge in [-0.2, -0.15) is 0 Å². The molecule has 0 radical (unpaired) electrons. The molecule has 1 aliphatic rings. The molecule has 1 unspecified atom stereocenters. The molecule has 6 nitrogen and oxygen atoms in total. The Kier molecular flexibility index (Phi) is 3.20. The van der Waals surface area contributed by atoms with Crippen molar-refractivity contribution in [1.82, 2.24) is 4.98 Å². The number of aromatic nitrogens is 1. The molecule has 0 bridgehead atoms. The number of carbonyl (C=O) groups is 3. The Labute approximate surface area is 116 Å². The third kappa shape index (κ3) is 1.92. The first-order chi connectivity index (χ1) is 9.18. The Hall–Kier alpha value is -2.11. The van der Waals surface area contributed by atoms with Gasteiger partial charge in [0.05, 0.1) is 11.1 Å². The highest BCUT2D eigenvalue weighted by molar-refractivity contribution is 6.24. The van der Waals surface area contributed by atoms with Crippen LogP contribution in [0, 0.1) is 18.3 Å². The number of aryl methyl sites for hydroxylation is 1. The first-order valence-corrected chi connectivity index (χ1v) is 6.48. The molecule has 1 aromatic rings. The number of imide groups is 1. The molecule has 6 heteroatoms. The Balaban J connectivity index is 2.52. The highest BCUT2D eigenvalue weighted by Crippen LogP contribution is 2.42. The van der Waals surface area contributed by atoms with E-state index in [-0.39, 0.29) is 35.5 Å². The number of carbonyl (C=O) groups excluding carboxylic acids is 2. The lowest BCUT2D eigenvalue weighted by Crippen LogP contribution is -2.37. The summed E-state index contributed by atoms with van der Waals surface area (Å²) in [6, 6.07) is 1.52. The van der Waals surface area contributed by atoms with Crippen molar-refractivity contribution in [2.45, 2.75) is 34.1 Å². The molecule has 2 rings (SSSR count). The number of aromatic carboxylic acids is 1. The monoisotopic (exact) mass is 278 g/mol. The lowest BCUT2D eigenvalue weighted by atomic mass is 9.78. The summed E-state index contributed by atoms with van der Waals surface area (Å²) in [5, 5.41) is 9.17. The lowest BCUT2D eigenvalue weighted by Gasteiger charge is -2.25. The van der Waals surface area contributed by atoms with Gasteiger partial charge in [0, 0.05) is 12.1 Å². The number of nitrogens with one attached hydrogen (secondary N) is 1. The molecule has 0 aromatic carbocycles. The van der Waals surface area contributed by atoms with Crippen molar-refractivity contribution < 1.29 is 19.5 Å². The molecular weight excluding hydrogens is 260 g/mol. The number of hydrogen-bond donors (Lipinski definition) is 2. The maximum absolute atomic E-state index is 12.6. The van der Waals surface area contributed by atoms with Crippen LogP contribution in [0.4, 0.5) is 5.69 Å². The van der Waals surface area contributed by atoms with E-state index >= 15 is 0 Å². The molecular formula is C14H18N2O4. The molecule has 1 saturated heterocycles. The van der Waals surface area contributed by atoms with E-state index in [0.29, 0.717) is 5.69 Å². The van der Waals surface area contributed by atoms with Gasteiger partial charge >= 0.3 is 5.97 Å². The van der Waals surface area contributed by atoms with Gasteiger partial charge < -0.3 is 10.1 Å². The average molecular weight is 278 g/mol. The Bertz CT molecular complexity index is 602. The van der Waals surface area contributed by atoms with Gasteiger partial charge in [-0.15, -0.1) is 0 Å². The molecule has 0 spiro atoms. The maximum Gasteiger partial charge on any atom is 0.354 e. The Morgan fingerprint density at radius 2 is 2.05 bits per heavy atom. The number of anilines is 1. The fourth-order valence-corrected chi connectivity index (χ4v) is 2.45. The number of carboxylic acids is 1. The van der Waals surface area contributed by atoms with Gasteiger partial charge in [0.2, 0.25) is 11.8 Å². The quantitative estimate of drug-likeness (QED) is 0.827. The normalized spacial score (nSPS) is 22.9. The van der Waals surface area contributed by atoms with E-state index in [2.05, 4.69) is 4.98 Å². The third-order valence-electron chi connectivity index (χ3n) is 4.12. The second-order valence-corrected chi connectivity index (χ2v) is 5.80. The van der Waals surface area contributed by atoms with Crippen molar-refractivity contribution in [3.8, 4) is 0 Å². The summed E-state index contributed by atoms with van der Waals surface area (Å²) in [6.07, 6.45) is 0.104. The summed E-state index contributed by atoms with van der Waals surface area (Å²) in [5.74, 6) is -1.88. The average Bonchev–Trinajstić information content (AvgIpc) is 2.79. The molecule has 2 amide bonds. The number of aromatic amines is 1. The number of carboxylic acid groups (broad SMARTS) is 1. The molecule has 0 aliphatic carbocycles. The van der Waals surface area contributed by atoms with Crippen molar-refractivity contribution in [2.75, 3.05) is 4.90 Å². The molecule has 0 saturated carbocycles. The van der Waals surface area contributed by atoms with E-state index in [0.717, 1.165) is 4.90 Å². The second-order valence-electron chi connectivity index (χ2n) is 5.80. The largest absolute Gasteiger partial charge is 0.477 e. The molecule has 1 fully saturated rings. The van der Waals surface area contributed by atoms with Crippen LogP contribution in [0.5, 0.6) is 0 Å². The summed E-state index contributed by atoms with van der Waals surface area (Å²) in [4.78, 5) is 39.6. The minimum atomic E-state index is -1.19. The van der Waals surface area contributed by atoms with Crippen LogP contribution in [0.3, 0.4) is 0 Å². The van der Waals surface area contributed by atoms with Crippen LogP contribution < -0.4 is 4.90 Å². The summed E-state index contributed by atoms with van der Waals surface area (Å²) in [7, 11) is 0. The number of hydrogen-bond acceptors (Lipinski definition) is 3. The Morgan fingerprint density at radius 3 is 2.50 bits per heavy atom. The lowest BCUT2D eigenvalue weighted by molar-refractivity contribution is -0.126. The van der Waals surface area contributed by atoms with Crippen LogP contribution in [0.25, 0.3) is 0 Å². The SMILES string of the molecule is Cc1cc(N2C(=O)CC(C)(C(C)C)C2=O)c(C(=O)O)[nH]1. The van der Waals surface area contributed by atoms with E-state index in [9.17, 15) is 19.5 Å². The predicted molar refractivity (Wildman–Crippen MR) is 72.5 cm³/mol. The van der Waals surface area contributed by atoms with Crippen molar-refractivity contribution in [2.24, 2.45) is 11.3 Å². The number of nitrogens with zero attached hydrogens (tertiary/aromatic N) is 1. The molecule has 2 heterocycles. The van der Waals surface area contributed by atoms with Crippen LogP contribution in [0.15, 0.2) is 6.07 Å². The summed E-state index contributed by atoms with van der Waals surface area (Å²) in [5.41, 5.74) is -0.180. The fraction of sp³-hybridized carbons (Fsp3) is 0.500. The van der Waals surface area contributed by atoms with Gasteiger partial charge in [-0.05, 0) is 25.8 Å². The first-order valence-electron chi connectivity index (χ1n) is 6.48. The highest BCUT2D eigenvalue weighted by atomic mass is 16.4. The Morgan fingerprint density at radius 1 is 1.45 bits per heavy atom. The van der Waals surface area contributed by atoms with Gasteiger partial charge in [-0.1, -0.05) is 13.8 Å². The number of H-pyrrole nitrogens is 1. The van der Waals surface area contributed by atoms with Crippen LogP contribution in [0.1, 0.15) is 43.4 Å². The summed E-state index contributed by atoms with van der Waals surface area (Å²) < 4.78 is 0. The zero-order valence-electron chi connectivity index (χ0n) is 12.0. The maximum atomic E-state index is 12.6. The topological polar surface area (TPSA) is 90.5 Å². The summed E-state index contributed by atoms with van der Waals surface area (Å²) in [6.45, 7) is 7.20. The van der Waals surface area contributed by atoms with Crippen LogP contribution in [-0.4, -0.2) is 27.9 Å². The first kappa shape index (κ1) is 14.3. The van der Waals surface area contributed by atoms with Crippen molar-refractivity contribution >= 4 is 23.5 Å². The predicted octanol–water partition coefficient (Wildman–Crippen LogP) is 1.95. The molecule has 108 valence electrons. The van der Waals surface area contributed by atoms with E-state index in [1.807, 2.05) is 13.8 Å². The van der Waals surface area contributed by atoms with Crippen LogP contribution in [0.2, 0.25) is 0 Å². The summed E-state index contributed by atoms with van der Waals surface area (Å²) >= 11 is 0. The van der Waals surface area contributed by atoms with Gasteiger partial charge in [0.25, 0.3) is 0 Å². The van der Waals surface area contributed by atoms with Crippen molar-refractivity contribution in [1.29, 1.82) is 0 Å². The molecule has 20 heavy (non-hydrogen) atoms. The van der Waals surface area contributed by atoms with Gasteiger partial charge in [-0.25, -0.2) is 9.69 Å². The van der Waals surface area contributed by atoms with E-state index in [1.165, 1.54) is 6.07 Å². The second kappa shape index (κ2) is 4.47. The zero-order valence-corrected chi connectivity index (χ0v) is 12.0. The standard InChI is InChI=1S/C14H18N2O4/c1-7(2)14(4)6-10(17)16(13(14)20)9-5-8(3)15-11(9)12(18)19/h5,7,15H,6H2,1-4H3,(H,18,19). The number of rotatable bonds is 3. The van der Waals surface area contributed by atoms with Crippen LogP contribution >= 0.6 is 0 Å². The van der Waals surface area contributed by atoms with Gasteiger partial charge in [0.15, 0.2) is 0 Å². The molecule has 1 aromatic heterocycles. The van der Waals surface area contributed by atoms with E-state index in [4.69, 9.17) is 0 Å². The fourth-order valence-electron chi connectivity index (χ4n) is 2.45. The molecule has 2 N–H and O–H groups in total. The minimum absolute atomic E-state index is 0.00253.